The lowest BCUT2D eigenvalue weighted by Crippen LogP contribution is -2.55. The molecular weight excluding hydrogens is 478 g/mol. The van der Waals surface area contributed by atoms with Crippen LogP contribution in [-0.4, -0.2) is 85.6 Å². The Morgan fingerprint density at radius 1 is 1.17 bits per heavy atom. The van der Waals surface area contributed by atoms with Crippen molar-refractivity contribution in [2.24, 2.45) is 23.5 Å². The predicted molar refractivity (Wildman–Crippen MR) is 143 cm³/mol. The van der Waals surface area contributed by atoms with Crippen molar-refractivity contribution in [2.45, 2.75) is 87.2 Å². The Bertz CT molecular complexity index is 732. The molecule has 4 fully saturated rings. The minimum Gasteiger partial charge on any atom is -0.368 e. The monoisotopic (exact) mass is 525 g/mol. The van der Waals surface area contributed by atoms with Crippen LogP contribution in [-0.2, 0) is 14.3 Å². The minimum absolute atomic E-state index is 0.0907. The van der Waals surface area contributed by atoms with Crippen molar-refractivity contribution in [1.29, 1.82) is 0 Å². The normalized spacial score (nSPS) is 36.1. The number of nitrogens with one attached hydrogen (secondary N) is 5. The van der Waals surface area contributed by atoms with Crippen LogP contribution in [0.3, 0.4) is 0 Å². The molecule has 2 aliphatic heterocycles. The summed E-state index contributed by atoms with van der Waals surface area (Å²) in [6, 6.07) is 0.133. The molecule has 2 heterocycles. The molecule has 2 saturated carbocycles. The van der Waals surface area contributed by atoms with Gasteiger partial charge in [0.05, 0.1) is 18.8 Å². The molecule has 8 atom stereocenters. The van der Waals surface area contributed by atoms with Gasteiger partial charge in [-0.1, -0.05) is 13.3 Å². The lowest BCUT2D eigenvalue weighted by Gasteiger charge is -2.42. The molecule has 11 heteroatoms. The Morgan fingerprint density at radius 3 is 2.81 bits per heavy atom. The topological polar surface area (TPSA) is 133 Å². The summed E-state index contributed by atoms with van der Waals surface area (Å²) in [6.45, 7) is 5.09. The Morgan fingerprint density at radius 2 is 2.03 bits per heavy atom. The second-order valence-corrected chi connectivity index (χ2v) is 12.6. The zero-order chi connectivity index (χ0) is 25.5. The van der Waals surface area contributed by atoms with Crippen LogP contribution in [0.5, 0.6) is 0 Å². The third kappa shape index (κ3) is 7.78. The highest BCUT2D eigenvalue weighted by molar-refractivity contribution is 8.00. The second-order valence-electron chi connectivity index (χ2n) is 11.2. The number of nitrogens with two attached hydrogens (primary N) is 1. The average Bonchev–Trinajstić information content (AvgIpc) is 3.29. The smallest absolute Gasteiger partial charge is 0.246 e. The number of hydrogen-bond donors (Lipinski definition) is 6. The standard InChI is InChI=1S/C25H47N7O3S/c1-16(36-25-31-29-15-32(25)2)17-4-3-5-20(10-17)30-24(34)22-12-19-11-21(7-6-18(19)13-28-22)35-14-23(33)27-9-8-26/h16-22,25,28-29,31H,3-15,26H2,1-2H3,(H,27,33)(H,30,34)/t16-,17?,18?,19?,20?,21?,22?,25?/m0/s1. The molecule has 0 spiro atoms. The molecule has 2 aliphatic carbocycles. The van der Waals surface area contributed by atoms with Gasteiger partial charge in [0.25, 0.3) is 0 Å². The van der Waals surface area contributed by atoms with Gasteiger partial charge in [-0.2, -0.15) is 0 Å². The predicted octanol–water partition coefficient (Wildman–Crippen LogP) is 0.302. The van der Waals surface area contributed by atoms with Crippen LogP contribution in [0.25, 0.3) is 0 Å². The number of hydrazine groups is 1. The molecule has 7 unspecified atom stereocenters. The number of thioether (sulfide) groups is 1. The maximum absolute atomic E-state index is 13.2. The van der Waals surface area contributed by atoms with E-state index < -0.39 is 0 Å². The summed E-state index contributed by atoms with van der Waals surface area (Å²) >= 11 is 1.98. The Labute approximate surface area is 220 Å². The highest BCUT2D eigenvalue weighted by atomic mass is 32.2. The fourth-order valence-corrected chi connectivity index (χ4v) is 7.63. The van der Waals surface area contributed by atoms with E-state index in [0.29, 0.717) is 41.6 Å². The Hall–Kier alpha value is -0.950. The number of amides is 2. The molecule has 0 aromatic carbocycles. The zero-order valence-electron chi connectivity index (χ0n) is 22.0. The van der Waals surface area contributed by atoms with Crippen molar-refractivity contribution < 1.29 is 14.3 Å². The van der Waals surface area contributed by atoms with Crippen molar-refractivity contribution in [3.05, 3.63) is 0 Å². The number of fused-ring (bicyclic) bond motifs is 1. The average molecular weight is 526 g/mol. The van der Waals surface area contributed by atoms with Crippen LogP contribution in [0.1, 0.15) is 58.3 Å². The van der Waals surface area contributed by atoms with Gasteiger partial charge in [-0.25, -0.2) is 10.9 Å². The molecule has 7 N–H and O–H groups in total. The first-order valence-corrected chi connectivity index (χ1v) is 14.8. The second kappa shape index (κ2) is 13.7. The van der Waals surface area contributed by atoms with Gasteiger partial charge in [-0.15, -0.1) is 11.8 Å². The maximum Gasteiger partial charge on any atom is 0.246 e. The van der Waals surface area contributed by atoms with Gasteiger partial charge in [0.1, 0.15) is 12.1 Å². The van der Waals surface area contributed by atoms with Gasteiger partial charge >= 0.3 is 0 Å². The van der Waals surface area contributed by atoms with Crippen LogP contribution in [0.2, 0.25) is 0 Å². The molecule has 0 aromatic heterocycles. The van der Waals surface area contributed by atoms with Crippen molar-refractivity contribution >= 4 is 23.6 Å². The van der Waals surface area contributed by atoms with E-state index in [1.807, 2.05) is 11.8 Å². The number of piperidine rings is 1. The number of rotatable bonds is 10. The first-order valence-electron chi connectivity index (χ1n) is 13.9. The molecule has 4 rings (SSSR count). The lowest BCUT2D eigenvalue weighted by atomic mass is 9.72. The molecule has 0 aromatic rings. The molecule has 2 saturated heterocycles. The largest absolute Gasteiger partial charge is 0.368 e. The van der Waals surface area contributed by atoms with Gasteiger partial charge in [-0.05, 0) is 76.3 Å². The van der Waals surface area contributed by atoms with E-state index in [-0.39, 0.29) is 36.6 Å². The molecule has 0 radical (unpaired) electrons. The molecule has 0 bridgehead atoms. The van der Waals surface area contributed by atoms with E-state index in [1.165, 1.54) is 12.8 Å². The highest BCUT2D eigenvalue weighted by Gasteiger charge is 2.39. The fraction of sp³-hybridized carbons (Fsp3) is 0.920. The third-order valence-corrected chi connectivity index (χ3v) is 10.1. The summed E-state index contributed by atoms with van der Waals surface area (Å²) in [5.74, 6) is 1.73. The van der Waals surface area contributed by atoms with E-state index in [9.17, 15) is 9.59 Å². The molecule has 10 nitrogen and oxygen atoms in total. The van der Waals surface area contributed by atoms with Crippen LogP contribution in [0.15, 0.2) is 0 Å². The van der Waals surface area contributed by atoms with E-state index in [2.05, 4.69) is 45.7 Å². The molecule has 2 amide bonds. The molecule has 206 valence electrons. The van der Waals surface area contributed by atoms with E-state index >= 15 is 0 Å². The summed E-state index contributed by atoms with van der Waals surface area (Å²) in [6.07, 6.45) is 8.48. The number of carbonyl (C=O) groups is 2. The lowest BCUT2D eigenvalue weighted by molar-refractivity contribution is -0.129. The Balaban J connectivity index is 1.20. The van der Waals surface area contributed by atoms with Crippen LogP contribution >= 0.6 is 11.8 Å². The summed E-state index contributed by atoms with van der Waals surface area (Å²) in [4.78, 5) is 27.4. The van der Waals surface area contributed by atoms with Gasteiger partial charge < -0.3 is 26.4 Å². The third-order valence-electron chi connectivity index (χ3n) is 8.51. The molecule has 36 heavy (non-hydrogen) atoms. The maximum atomic E-state index is 13.2. The summed E-state index contributed by atoms with van der Waals surface area (Å²) in [5, 5.41) is 10.2. The molecular formula is C25H47N7O3S. The SMILES string of the molecule is C[C@H](SC1NNCN1C)C1CCCC(NC(=O)C2CC3CC(OCC(=O)NCCN)CCC3CN2)C1. The van der Waals surface area contributed by atoms with Gasteiger partial charge in [0, 0.05) is 24.4 Å². The van der Waals surface area contributed by atoms with Crippen LogP contribution in [0.4, 0.5) is 0 Å². The summed E-state index contributed by atoms with van der Waals surface area (Å²) < 4.78 is 5.91. The quantitative estimate of drug-likeness (QED) is 0.238. The Kier molecular flexibility index (Phi) is 10.7. The number of nitrogens with zero attached hydrogens (tertiary/aromatic N) is 1. The van der Waals surface area contributed by atoms with Crippen molar-refractivity contribution in [2.75, 3.05) is 40.0 Å². The van der Waals surface area contributed by atoms with E-state index in [4.69, 9.17) is 10.5 Å². The number of carbonyl (C=O) groups excluding carboxylic acids is 2. The first-order chi connectivity index (χ1) is 17.4. The van der Waals surface area contributed by atoms with Gasteiger partial charge in [0.15, 0.2) is 0 Å². The number of hydrogen-bond acceptors (Lipinski definition) is 9. The minimum atomic E-state index is -0.132. The zero-order valence-corrected chi connectivity index (χ0v) is 22.8. The van der Waals surface area contributed by atoms with Gasteiger partial charge in [-0.3, -0.25) is 14.5 Å². The highest BCUT2D eigenvalue weighted by Crippen LogP contribution is 2.38. The van der Waals surface area contributed by atoms with Crippen LogP contribution in [0, 0.1) is 17.8 Å². The van der Waals surface area contributed by atoms with Crippen molar-refractivity contribution in [1.82, 2.24) is 31.7 Å². The summed E-state index contributed by atoms with van der Waals surface area (Å²) in [5.41, 5.74) is 12.3. The first kappa shape index (κ1) is 28.1. The molecule has 4 aliphatic rings. The van der Waals surface area contributed by atoms with Crippen LogP contribution < -0.4 is 32.5 Å². The summed E-state index contributed by atoms with van der Waals surface area (Å²) in [7, 11) is 2.13. The van der Waals surface area contributed by atoms with Gasteiger partial charge in [0.2, 0.25) is 11.8 Å². The van der Waals surface area contributed by atoms with Crippen molar-refractivity contribution in [3.63, 3.8) is 0 Å². The van der Waals surface area contributed by atoms with Crippen molar-refractivity contribution in [3.8, 4) is 0 Å². The number of ether oxygens (including phenoxy) is 1. The van der Waals surface area contributed by atoms with E-state index in [1.54, 1.807) is 0 Å². The van der Waals surface area contributed by atoms with E-state index in [0.717, 1.165) is 51.7 Å². The fourth-order valence-electron chi connectivity index (χ4n) is 6.32.